The fourth-order valence-corrected chi connectivity index (χ4v) is 4.30. The van der Waals surface area contributed by atoms with E-state index in [9.17, 15) is 24.8 Å². The van der Waals surface area contributed by atoms with Gasteiger partial charge in [0.15, 0.2) is 0 Å². The van der Waals surface area contributed by atoms with E-state index >= 15 is 0 Å². The van der Waals surface area contributed by atoms with Crippen molar-refractivity contribution in [2.75, 3.05) is 6.61 Å². The zero-order valence-electron chi connectivity index (χ0n) is 20.6. The molecule has 1 aliphatic heterocycles. The molecule has 0 unspecified atom stereocenters. The van der Waals surface area contributed by atoms with Gasteiger partial charge in [-0.05, 0) is 66.4 Å². The van der Waals surface area contributed by atoms with Gasteiger partial charge in [-0.1, -0.05) is 19.4 Å². The van der Waals surface area contributed by atoms with Crippen molar-refractivity contribution in [3.8, 4) is 5.75 Å². The molecule has 1 N–H and O–H groups in total. The first-order valence-corrected chi connectivity index (χ1v) is 12.0. The lowest BCUT2D eigenvalue weighted by Gasteiger charge is -2.25. The molecule has 0 saturated carbocycles. The van der Waals surface area contributed by atoms with Crippen molar-refractivity contribution < 1.29 is 24.4 Å². The smallest absolute Gasteiger partial charge is 0.295 e. The number of aliphatic hydroxyl groups is 1. The lowest BCUT2D eigenvalue weighted by atomic mass is 9.94. The normalized spacial score (nSPS) is 16.7. The number of hydrogen-bond acceptors (Lipinski definition) is 7. The van der Waals surface area contributed by atoms with Crippen molar-refractivity contribution in [1.29, 1.82) is 0 Å². The second-order valence-corrected chi connectivity index (χ2v) is 8.82. The highest BCUT2D eigenvalue weighted by molar-refractivity contribution is 6.46. The minimum Gasteiger partial charge on any atom is -0.507 e. The highest BCUT2D eigenvalue weighted by Gasteiger charge is 2.46. The minimum absolute atomic E-state index is 0.0695. The average Bonchev–Trinajstić information content (AvgIpc) is 3.14. The molecule has 9 heteroatoms. The third-order valence-electron chi connectivity index (χ3n) is 6.24. The number of non-ortho nitro benzene ring substituents is 1. The standard InChI is InChI=1S/C28H27N3O6/c1-3-4-14-37-23-12-9-21(15-18(23)2)26(32)24-25(20-7-10-22(11-8-20)31(35)36)30(28(34)27(24)33)17-19-6-5-13-29-16-19/h5-13,15-16,25,32H,3-4,14,17H2,1-2H3/t25-/m1/s1. The minimum atomic E-state index is -0.943. The SMILES string of the molecule is CCCCOc1ccc(C(O)=C2C(=O)C(=O)N(Cc3cccnc3)[C@@H]2c2ccc([N+](=O)[O-])cc2)cc1C. The summed E-state index contributed by atoms with van der Waals surface area (Å²) in [6.45, 7) is 4.55. The molecule has 3 aromatic rings. The summed E-state index contributed by atoms with van der Waals surface area (Å²) in [6, 6.07) is 13.2. The molecule has 1 atom stereocenters. The maximum atomic E-state index is 13.2. The number of carbonyl (C=O) groups is 2. The van der Waals surface area contributed by atoms with Gasteiger partial charge in [0.1, 0.15) is 11.5 Å². The Morgan fingerprint density at radius 1 is 1.16 bits per heavy atom. The van der Waals surface area contributed by atoms with E-state index in [-0.39, 0.29) is 23.6 Å². The first kappa shape index (κ1) is 25.6. The summed E-state index contributed by atoms with van der Waals surface area (Å²) >= 11 is 0. The Hall–Kier alpha value is -4.53. The number of ether oxygens (including phenoxy) is 1. The number of hydrogen-bond donors (Lipinski definition) is 1. The van der Waals surface area contributed by atoms with E-state index in [4.69, 9.17) is 4.74 Å². The quantitative estimate of drug-likeness (QED) is 0.108. The molecular weight excluding hydrogens is 474 g/mol. The molecule has 2 aromatic carbocycles. The predicted octanol–water partition coefficient (Wildman–Crippen LogP) is 5.10. The summed E-state index contributed by atoms with van der Waals surface area (Å²) in [4.78, 5) is 42.5. The number of nitro benzene ring substituents is 1. The zero-order valence-corrected chi connectivity index (χ0v) is 20.6. The number of Topliss-reactive ketones (excluding diaryl/α,β-unsaturated/α-hetero) is 1. The van der Waals surface area contributed by atoms with Gasteiger partial charge >= 0.3 is 0 Å². The molecule has 0 radical (unpaired) electrons. The first-order valence-electron chi connectivity index (χ1n) is 12.0. The van der Waals surface area contributed by atoms with E-state index in [0.717, 1.165) is 18.4 Å². The Morgan fingerprint density at radius 2 is 1.92 bits per heavy atom. The number of aliphatic hydroxyl groups excluding tert-OH is 1. The van der Waals surface area contributed by atoms with Crippen molar-refractivity contribution in [2.45, 2.75) is 39.3 Å². The van der Waals surface area contributed by atoms with Crippen LogP contribution < -0.4 is 4.74 Å². The maximum Gasteiger partial charge on any atom is 0.295 e. The molecule has 0 bridgehead atoms. The van der Waals surface area contributed by atoms with Gasteiger partial charge in [-0.3, -0.25) is 24.7 Å². The number of pyridine rings is 1. The van der Waals surface area contributed by atoms with Gasteiger partial charge in [0.2, 0.25) is 0 Å². The number of ketones is 1. The molecule has 0 aliphatic carbocycles. The van der Waals surface area contributed by atoms with E-state index in [1.165, 1.54) is 29.2 Å². The number of nitro groups is 1. The number of rotatable bonds is 9. The number of aryl methyl sites for hydroxylation is 1. The van der Waals surface area contributed by atoms with Gasteiger partial charge in [-0.2, -0.15) is 0 Å². The van der Waals surface area contributed by atoms with Gasteiger partial charge in [0, 0.05) is 36.6 Å². The van der Waals surface area contributed by atoms with Crippen molar-refractivity contribution in [1.82, 2.24) is 9.88 Å². The van der Waals surface area contributed by atoms with Crippen LogP contribution in [-0.4, -0.2) is 38.2 Å². The number of amides is 1. The van der Waals surface area contributed by atoms with Crippen LogP contribution in [0.5, 0.6) is 5.75 Å². The molecule has 1 amide bonds. The Labute approximate surface area is 214 Å². The topological polar surface area (TPSA) is 123 Å². The molecule has 190 valence electrons. The summed E-state index contributed by atoms with van der Waals surface area (Å²) in [7, 11) is 0. The van der Waals surface area contributed by atoms with Gasteiger partial charge < -0.3 is 14.7 Å². The third kappa shape index (κ3) is 5.35. The molecule has 37 heavy (non-hydrogen) atoms. The molecule has 9 nitrogen and oxygen atoms in total. The first-order chi connectivity index (χ1) is 17.8. The van der Waals surface area contributed by atoms with E-state index < -0.39 is 22.7 Å². The van der Waals surface area contributed by atoms with Crippen LogP contribution in [0.25, 0.3) is 5.76 Å². The molecular formula is C28H27N3O6. The predicted molar refractivity (Wildman–Crippen MR) is 137 cm³/mol. The van der Waals surface area contributed by atoms with E-state index in [1.807, 2.05) is 6.92 Å². The molecule has 2 heterocycles. The summed E-state index contributed by atoms with van der Waals surface area (Å²) in [5.74, 6) is -1.25. The molecule has 1 fully saturated rings. The van der Waals surface area contributed by atoms with Crippen LogP contribution in [0, 0.1) is 17.0 Å². The number of aromatic nitrogens is 1. The van der Waals surface area contributed by atoms with Crippen LogP contribution in [0.2, 0.25) is 0 Å². The van der Waals surface area contributed by atoms with Gasteiger partial charge in [-0.25, -0.2) is 0 Å². The fourth-order valence-electron chi connectivity index (χ4n) is 4.30. The molecule has 1 aliphatic rings. The van der Waals surface area contributed by atoms with Crippen LogP contribution in [-0.2, 0) is 16.1 Å². The molecule has 1 aromatic heterocycles. The van der Waals surface area contributed by atoms with Crippen LogP contribution in [0.3, 0.4) is 0 Å². The zero-order chi connectivity index (χ0) is 26.5. The second-order valence-electron chi connectivity index (χ2n) is 8.82. The van der Waals surface area contributed by atoms with E-state index in [0.29, 0.717) is 29.0 Å². The number of nitrogens with zero attached hydrogens (tertiary/aromatic N) is 3. The number of likely N-dealkylation sites (tertiary alicyclic amines) is 1. The van der Waals surface area contributed by atoms with Crippen molar-refractivity contribution >= 4 is 23.1 Å². The molecule has 4 rings (SSSR count). The van der Waals surface area contributed by atoms with E-state index in [1.54, 1.807) is 42.7 Å². The lowest BCUT2D eigenvalue weighted by Crippen LogP contribution is -2.29. The van der Waals surface area contributed by atoms with Gasteiger partial charge in [0.25, 0.3) is 17.4 Å². The van der Waals surface area contributed by atoms with Gasteiger partial charge in [-0.15, -0.1) is 0 Å². The number of unbranched alkanes of at least 4 members (excludes halogenated alkanes) is 1. The maximum absolute atomic E-state index is 13.2. The number of benzene rings is 2. The van der Waals surface area contributed by atoms with Crippen LogP contribution in [0.1, 0.15) is 48.1 Å². The van der Waals surface area contributed by atoms with Crippen molar-refractivity contribution in [3.05, 3.63) is 105 Å². The van der Waals surface area contributed by atoms with Crippen LogP contribution >= 0.6 is 0 Å². The van der Waals surface area contributed by atoms with E-state index in [2.05, 4.69) is 11.9 Å². The van der Waals surface area contributed by atoms with Crippen LogP contribution in [0.15, 0.2) is 72.6 Å². The monoisotopic (exact) mass is 501 g/mol. The number of carbonyl (C=O) groups excluding carboxylic acids is 2. The van der Waals surface area contributed by atoms with Crippen LogP contribution in [0.4, 0.5) is 5.69 Å². The summed E-state index contributed by atoms with van der Waals surface area (Å²) in [5, 5.41) is 22.5. The summed E-state index contributed by atoms with van der Waals surface area (Å²) in [5.41, 5.74) is 2.10. The highest BCUT2D eigenvalue weighted by Crippen LogP contribution is 2.41. The lowest BCUT2D eigenvalue weighted by molar-refractivity contribution is -0.384. The van der Waals surface area contributed by atoms with Crippen molar-refractivity contribution in [3.63, 3.8) is 0 Å². The fraction of sp³-hybridized carbons (Fsp3) is 0.250. The summed E-state index contributed by atoms with van der Waals surface area (Å²) < 4.78 is 5.79. The second kappa shape index (κ2) is 11.0. The molecule has 0 spiro atoms. The Bertz CT molecular complexity index is 1350. The Morgan fingerprint density at radius 3 is 2.54 bits per heavy atom. The third-order valence-corrected chi connectivity index (χ3v) is 6.24. The Balaban J connectivity index is 1.79. The molecule has 1 saturated heterocycles. The van der Waals surface area contributed by atoms with Gasteiger partial charge in [0.05, 0.1) is 23.1 Å². The highest BCUT2D eigenvalue weighted by atomic mass is 16.6. The Kier molecular flexibility index (Phi) is 7.62. The summed E-state index contributed by atoms with van der Waals surface area (Å²) in [6.07, 6.45) is 5.10. The van der Waals surface area contributed by atoms with Crippen molar-refractivity contribution in [2.24, 2.45) is 0 Å². The largest absolute Gasteiger partial charge is 0.507 e. The average molecular weight is 502 g/mol.